The first kappa shape index (κ1) is 13.0. The third-order valence-electron chi connectivity index (χ3n) is 3.05. The number of carboxylic acids is 1. The number of nitrogens with two attached hydrogens (primary N) is 1. The summed E-state index contributed by atoms with van der Waals surface area (Å²) in [4.78, 5) is 22.1. The second kappa shape index (κ2) is 5.84. The predicted molar refractivity (Wildman–Crippen MR) is 59.7 cm³/mol. The SMILES string of the molecule is CC(CNC(=O)C1CCCC1N)CC(=O)O. The summed E-state index contributed by atoms with van der Waals surface area (Å²) in [5.74, 6) is -0.988. The molecule has 4 N–H and O–H groups in total. The molecule has 0 heterocycles. The van der Waals surface area contributed by atoms with E-state index in [0.29, 0.717) is 6.54 Å². The van der Waals surface area contributed by atoms with Crippen molar-refractivity contribution in [2.45, 2.75) is 38.6 Å². The van der Waals surface area contributed by atoms with E-state index in [1.807, 2.05) is 6.92 Å². The molecule has 1 fully saturated rings. The Hall–Kier alpha value is -1.10. The Labute approximate surface area is 95.4 Å². The second-order valence-corrected chi connectivity index (χ2v) is 4.65. The molecule has 5 nitrogen and oxygen atoms in total. The van der Waals surface area contributed by atoms with E-state index in [1.54, 1.807) is 0 Å². The highest BCUT2D eigenvalue weighted by Gasteiger charge is 2.30. The van der Waals surface area contributed by atoms with Crippen LogP contribution in [-0.4, -0.2) is 29.6 Å². The smallest absolute Gasteiger partial charge is 0.303 e. The van der Waals surface area contributed by atoms with Gasteiger partial charge in [0.1, 0.15) is 0 Å². The molecule has 16 heavy (non-hydrogen) atoms. The van der Waals surface area contributed by atoms with Crippen molar-refractivity contribution in [2.75, 3.05) is 6.54 Å². The molecule has 3 unspecified atom stereocenters. The van der Waals surface area contributed by atoms with E-state index in [9.17, 15) is 9.59 Å². The van der Waals surface area contributed by atoms with Crippen LogP contribution in [0.4, 0.5) is 0 Å². The number of amides is 1. The van der Waals surface area contributed by atoms with Crippen LogP contribution in [0.1, 0.15) is 32.6 Å². The highest BCUT2D eigenvalue weighted by Crippen LogP contribution is 2.23. The molecule has 0 bridgehead atoms. The van der Waals surface area contributed by atoms with Gasteiger partial charge in [-0.1, -0.05) is 13.3 Å². The van der Waals surface area contributed by atoms with Gasteiger partial charge in [0.25, 0.3) is 0 Å². The molecule has 0 aliphatic heterocycles. The fourth-order valence-corrected chi connectivity index (χ4v) is 2.09. The summed E-state index contributed by atoms with van der Waals surface area (Å²) in [5, 5.41) is 11.3. The van der Waals surface area contributed by atoms with Gasteiger partial charge < -0.3 is 16.2 Å². The van der Waals surface area contributed by atoms with Crippen molar-refractivity contribution < 1.29 is 14.7 Å². The highest BCUT2D eigenvalue weighted by atomic mass is 16.4. The summed E-state index contributed by atoms with van der Waals surface area (Å²) >= 11 is 0. The molecular formula is C11H20N2O3. The van der Waals surface area contributed by atoms with Crippen LogP contribution in [0.15, 0.2) is 0 Å². The Morgan fingerprint density at radius 3 is 2.69 bits per heavy atom. The van der Waals surface area contributed by atoms with E-state index in [4.69, 9.17) is 10.8 Å². The largest absolute Gasteiger partial charge is 0.481 e. The Morgan fingerprint density at radius 2 is 2.19 bits per heavy atom. The third kappa shape index (κ3) is 3.81. The van der Waals surface area contributed by atoms with Gasteiger partial charge in [0, 0.05) is 19.0 Å². The number of aliphatic carboxylic acids is 1. The monoisotopic (exact) mass is 228 g/mol. The summed E-state index contributed by atoms with van der Waals surface area (Å²) < 4.78 is 0. The van der Waals surface area contributed by atoms with Gasteiger partial charge in [-0.05, 0) is 18.8 Å². The zero-order chi connectivity index (χ0) is 12.1. The van der Waals surface area contributed by atoms with Crippen molar-refractivity contribution >= 4 is 11.9 Å². The van der Waals surface area contributed by atoms with E-state index in [-0.39, 0.29) is 30.2 Å². The minimum absolute atomic E-state index is 0.0257. The molecule has 1 amide bonds. The van der Waals surface area contributed by atoms with Crippen LogP contribution < -0.4 is 11.1 Å². The van der Waals surface area contributed by atoms with E-state index >= 15 is 0 Å². The van der Waals surface area contributed by atoms with Gasteiger partial charge in [-0.15, -0.1) is 0 Å². The normalized spacial score (nSPS) is 26.4. The fraction of sp³-hybridized carbons (Fsp3) is 0.818. The molecule has 1 saturated carbocycles. The number of nitrogens with one attached hydrogen (secondary N) is 1. The molecule has 0 saturated heterocycles. The summed E-state index contributed by atoms with van der Waals surface area (Å²) in [6.07, 6.45) is 2.84. The first-order chi connectivity index (χ1) is 7.50. The molecule has 0 aromatic rings. The van der Waals surface area contributed by atoms with Crippen molar-refractivity contribution in [3.05, 3.63) is 0 Å². The van der Waals surface area contributed by atoms with Crippen LogP contribution in [0.2, 0.25) is 0 Å². The van der Waals surface area contributed by atoms with E-state index in [0.717, 1.165) is 19.3 Å². The average molecular weight is 228 g/mol. The molecule has 0 aromatic carbocycles. The summed E-state index contributed by atoms with van der Waals surface area (Å²) in [6.45, 7) is 2.22. The Bertz CT molecular complexity index is 268. The Balaban J connectivity index is 2.26. The van der Waals surface area contributed by atoms with Crippen LogP contribution in [-0.2, 0) is 9.59 Å². The highest BCUT2D eigenvalue weighted by molar-refractivity contribution is 5.79. The Morgan fingerprint density at radius 1 is 1.50 bits per heavy atom. The summed E-state index contributed by atoms with van der Waals surface area (Å²) in [7, 11) is 0. The molecule has 5 heteroatoms. The van der Waals surface area contributed by atoms with Crippen molar-refractivity contribution in [3.63, 3.8) is 0 Å². The van der Waals surface area contributed by atoms with Gasteiger partial charge in [-0.3, -0.25) is 9.59 Å². The average Bonchev–Trinajstić information content (AvgIpc) is 2.60. The first-order valence-corrected chi connectivity index (χ1v) is 5.75. The molecule has 1 rings (SSSR count). The lowest BCUT2D eigenvalue weighted by atomic mass is 10.0. The predicted octanol–water partition coefficient (Wildman–Crippen LogP) is 0.341. The van der Waals surface area contributed by atoms with Gasteiger partial charge in [-0.25, -0.2) is 0 Å². The minimum atomic E-state index is -0.834. The van der Waals surface area contributed by atoms with E-state index in [2.05, 4.69) is 5.32 Å². The summed E-state index contributed by atoms with van der Waals surface area (Å²) in [5.41, 5.74) is 5.81. The van der Waals surface area contributed by atoms with Gasteiger partial charge in [0.05, 0.1) is 5.92 Å². The van der Waals surface area contributed by atoms with Crippen molar-refractivity contribution in [1.82, 2.24) is 5.32 Å². The number of hydrogen-bond acceptors (Lipinski definition) is 3. The fourth-order valence-electron chi connectivity index (χ4n) is 2.09. The summed E-state index contributed by atoms with van der Waals surface area (Å²) in [6, 6.07) is -0.0326. The number of carboxylic acid groups (broad SMARTS) is 1. The first-order valence-electron chi connectivity index (χ1n) is 5.75. The number of carbonyl (C=O) groups is 2. The number of hydrogen-bond donors (Lipinski definition) is 3. The zero-order valence-corrected chi connectivity index (χ0v) is 9.61. The van der Waals surface area contributed by atoms with Gasteiger partial charge in [0.2, 0.25) is 5.91 Å². The maximum absolute atomic E-state index is 11.7. The second-order valence-electron chi connectivity index (χ2n) is 4.65. The maximum atomic E-state index is 11.7. The van der Waals surface area contributed by atoms with Gasteiger partial charge >= 0.3 is 5.97 Å². The zero-order valence-electron chi connectivity index (χ0n) is 9.61. The third-order valence-corrected chi connectivity index (χ3v) is 3.05. The van der Waals surface area contributed by atoms with Crippen molar-refractivity contribution in [1.29, 1.82) is 0 Å². The van der Waals surface area contributed by atoms with Gasteiger partial charge in [0.15, 0.2) is 0 Å². The lowest BCUT2D eigenvalue weighted by molar-refractivity contribution is -0.138. The Kier molecular flexibility index (Phi) is 4.73. The van der Waals surface area contributed by atoms with Crippen LogP contribution >= 0.6 is 0 Å². The van der Waals surface area contributed by atoms with Crippen molar-refractivity contribution in [3.8, 4) is 0 Å². The van der Waals surface area contributed by atoms with Crippen LogP contribution in [0.3, 0.4) is 0 Å². The molecule has 3 atom stereocenters. The standard InChI is InChI=1S/C11H20N2O3/c1-7(5-10(14)15)6-13-11(16)8-3-2-4-9(8)12/h7-9H,2-6,12H2,1H3,(H,13,16)(H,14,15). The number of carbonyl (C=O) groups excluding carboxylic acids is 1. The minimum Gasteiger partial charge on any atom is -0.481 e. The molecule has 1 aliphatic rings. The molecular weight excluding hydrogens is 208 g/mol. The molecule has 0 aromatic heterocycles. The van der Waals surface area contributed by atoms with E-state index in [1.165, 1.54) is 0 Å². The molecule has 92 valence electrons. The van der Waals surface area contributed by atoms with Crippen LogP contribution in [0, 0.1) is 11.8 Å². The maximum Gasteiger partial charge on any atom is 0.303 e. The molecule has 1 aliphatic carbocycles. The molecule has 0 spiro atoms. The number of rotatable bonds is 5. The van der Waals surface area contributed by atoms with Gasteiger partial charge in [-0.2, -0.15) is 0 Å². The lowest BCUT2D eigenvalue weighted by Gasteiger charge is -2.17. The van der Waals surface area contributed by atoms with Crippen molar-refractivity contribution in [2.24, 2.45) is 17.6 Å². The van der Waals surface area contributed by atoms with Crippen LogP contribution in [0.25, 0.3) is 0 Å². The van der Waals surface area contributed by atoms with E-state index < -0.39 is 5.97 Å². The molecule has 0 radical (unpaired) electrons. The topological polar surface area (TPSA) is 92.4 Å². The van der Waals surface area contributed by atoms with Crippen LogP contribution in [0.5, 0.6) is 0 Å². The lowest BCUT2D eigenvalue weighted by Crippen LogP contribution is -2.40. The quantitative estimate of drug-likeness (QED) is 0.632.